The summed E-state index contributed by atoms with van der Waals surface area (Å²) in [5.41, 5.74) is -0.688. The van der Waals surface area contributed by atoms with E-state index in [0.717, 1.165) is 6.07 Å². The third-order valence-electron chi connectivity index (χ3n) is 3.49. The predicted octanol–water partition coefficient (Wildman–Crippen LogP) is 2.49. The lowest BCUT2D eigenvalue weighted by Crippen LogP contribution is -2.52. The van der Waals surface area contributed by atoms with Crippen LogP contribution in [0.25, 0.3) is 0 Å². The van der Waals surface area contributed by atoms with Gasteiger partial charge in [-0.2, -0.15) is 13.2 Å². The monoisotopic (exact) mass is 322 g/mol. The minimum atomic E-state index is -4.42. The fourth-order valence-corrected chi connectivity index (χ4v) is 2.43. The fourth-order valence-electron chi connectivity index (χ4n) is 2.43. The highest BCUT2D eigenvalue weighted by Crippen LogP contribution is 2.32. The molecule has 0 bridgehead atoms. The third-order valence-corrected chi connectivity index (χ3v) is 3.49. The summed E-state index contributed by atoms with van der Waals surface area (Å²) in [4.78, 5) is 13.8. The van der Waals surface area contributed by atoms with Crippen molar-refractivity contribution in [3.05, 3.63) is 35.4 Å². The number of nitrogens with zero attached hydrogens (tertiary/aromatic N) is 1. The molecule has 2 rings (SSSR count). The lowest BCUT2D eigenvalue weighted by Gasteiger charge is -2.34. The van der Waals surface area contributed by atoms with Gasteiger partial charge >= 0.3 is 6.18 Å². The molecular weight excluding hydrogens is 305 g/mol. The van der Waals surface area contributed by atoms with Crippen molar-refractivity contribution in [1.82, 2.24) is 10.2 Å². The first-order chi connectivity index (χ1) is 9.39. The molecule has 0 unspecified atom stereocenters. The lowest BCUT2D eigenvalue weighted by atomic mass is 10.0. The number of carbonyl (C=O) groups excluding carboxylic acids is 1. The standard InChI is InChI=1S/C14H17F3N2O.ClH/c1-10-9-18-6-7-19(10)13(20)8-11-4-2-3-5-12(11)14(15,16)17;/h2-5,10,18H,6-9H2,1H3;1H/t10-;/m0./s1. The van der Waals surface area contributed by atoms with E-state index in [0.29, 0.717) is 19.6 Å². The van der Waals surface area contributed by atoms with E-state index in [1.807, 2.05) is 6.92 Å². The summed E-state index contributed by atoms with van der Waals surface area (Å²) >= 11 is 0. The number of hydrogen-bond donors (Lipinski definition) is 1. The molecule has 1 saturated heterocycles. The average molecular weight is 323 g/mol. The van der Waals surface area contributed by atoms with Crippen LogP contribution in [-0.4, -0.2) is 36.5 Å². The summed E-state index contributed by atoms with van der Waals surface area (Å²) in [6.07, 6.45) is -4.63. The Labute approximate surface area is 127 Å². The number of rotatable bonds is 2. The van der Waals surface area contributed by atoms with Gasteiger partial charge in [-0.15, -0.1) is 12.4 Å². The van der Waals surface area contributed by atoms with Crippen molar-refractivity contribution in [3.63, 3.8) is 0 Å². The Hall–Kier alpha value is -1.27. The van der Waals surface area contributed by atoms with Crippen molar-refractivity contribution in [2.45, 2.75) is 25.6 Å². The number of benzene rings is 1. The summed E-state index contributed by atoms with van der Waals surface area (Å²) in [5, 5.41) is 3.14. The Morgan fingerprint density at radius 3 is 2.67 bits per heavy atom. The molecule has 1 aliphatic heterocycles. The summed E-state index contributed by atoms with van der Waals surface area (Å²) in [5.74, 6) is -0.254. The largest absolute Gasteiger partial charge is 0.416 e. The normalized spacial score (nSPS) is 19.0. The van der Waals surface area contributed by atoms with Crippen molar-refractivity contribution in [1.29, 1.82) is 0 Å². The van der Waals surface area contributed by atoms with Gasteiger partial charge in [-0.05, 0) is 18.6 Å². The molecule has 1 aromatic carbocycles. The molecule has 0 aromatic heterocycles. The second-order valence-corrected chi connectivity index (χ2v) is 4.97. The van der Waals surface area contributed by atoms with Crippen LogP contribution < -0.4 is 5.32 Å². The number of halogens is 4. The third kappa shape index (κ3) is 4.35. The Morgan fingerprint density at radius 1 is 1.38 bits per heavy atom. The van der Waals surface area contributed by atoms with Gasteiger partial charge in [0.2, 0.25) is 5.91 Å². The molecule has 1 atom stereocenters. The molecule has 21 heavy (non-hydrogen) atoms. The molecule has 1 N–H and O–H groups in total. The van der Waals surface area contributed by atoms with Gasteiger partial charge in [-0.1, -0.05) is 18.2 Å². The van der Waals surface area contributed by atoms with Crippen LogP contribution in [0.2, 0.25) is 0 Å². The first-order valence-corrected chi connectivity index (χ1v) is 6.55. The van der Waals surface area contributed by atoms with Crippen LogP contribution in [0.3, 0.4) is 0 Å². The maximum absolute atomic E-state index is 12.9. The molecule has 1 fully saturated rings. The second-order valence-electron chi connectivity index (χ2n) is 4.97. The van der Waals surface area contributed by atoms with Crippen LogP contribution in [0, 0.1) is 0 Å². The van der Waals surface area contributed by atoms with Gasteiger partial charge in [0, 0.05) is 25.7 Å². The van der Waals surface area contributed by atoms with Crippen molar-refractivity contribution in [2.24, 2.45) is 0 Å². The van der Waals surface area contributed by atoms with E-state index in [4.69, 9.17) is 0 Å². The zero-order valence-electron chi connectivity index (χ0n) is 11.6. The number of carbonyl (C=O) groups is 1. The molecule has 1 aromatic rings. The van der Waals surface area contributed by atoms with E-state index in [9.17, 15) is 18.0 Å². The maximum atomic E-state index is 12.9. The molecule has 7 heteroatoms. The molecule has 118 valence electrons. The molecule has 0 radical (unpaired) electrons. The zero-order valence-corrected chi connectivity index (χ0v) is 12.4. The first kappa shape index (κ1) is 17.8. The van der Waals surface area contributed by atoms with E-state index in [1.165, 1.54) is 18.2 Å². The van der Waals surface area contributed by atoms with E-state index in [2.05, 4.69) is 5.32 Å². The zero-order chi connectivity index (χ0) is 14.8. The van der Waals surface area contributed by atoms with Crippen LogP contribution in [-0.2, 0) is 17.4 Å². The highest BCUT2D eigenvalue weighted by molar-refractivity contribution is 5.85. The van der Waals surface area contributed by atoms with Gasteiger partial charge in [-0.25, -0.2) is 0 Å². The average Bonchev–Trinajstić information content (AvgIpc) is 2.38. The predicted molar refractivity (Wildman–Crippen MR) is 76.4 cm³/mol. The summed E-state index contributed by atoms with van der Waals surface area (Å²) in [6, 6.07) is 5.26. The van der Waals surface area contributed by atoms with Gasteiger partial charge in [0.1, 0.15) is 0 Å². The minimum absolute atomic E-state index is 0. The lowest BCUT2D eigenvalue weighted by molar-refractivity contribution is -0.139. The number of amides is 1. The van der Waals surface area contributed by atoms with Crippen molar-refractivity contribution < 1.29 is 18.0 Å². The maximum Gasteiger partial charge on any atom is 0.416 e. The first-order valence-electron chi connectivity index (χ1n) is 6.55. The molecule has 1 aliphatic rings. The number of piperazine rings is 1. The fraction of sp³-hybridized carbons (Fsp3) is 0.500. The van der Waals surface area contributed by atoms with Gasteiger partial charge in [0.25, 0.3) is 0 Å². The van der Waals surface area contributed by atoms with E-state index in [-0.39, 0.29) is 36.3 Å². The smallest absolute Gasteiger partial charge is 0.337 e. The molecule has 0 aliphatic carbocycles. The number of alkyl halides is 3. The topological polar surface area (TPSA) is 32.3 Å². The Balaban J connectivity index is 0.00000220. The van der Waals surface area contributed by atoms with E-state index >= 15 is 0 Å². The van der Waals surface area contributed by atoms with Crippen LogP contribution in [0.15, 0.2) is 24.3 Å². The summed E-state index contributed by atoms with van der Waals surface area (Å²) < 4.78 is 38.6. The second kappa shape index (κ2) is 7.13. The quantitative estimate of drug-likeness (QED) is 0.907. The van der Waals surface area contributed by atoms with Crippen LogP contribution >= 0.6 is 12.4 Å². The van der Waals surface area contributed by atoms with Gasteiger partial charge in [0.15, 0.2) is 0 Å². The molecule has 1 amide bonds. The van der Waals surface area contributed by atoms with Crippen LogP contribution in [0.1, 0.15) is 18.1 Å². The number of nitrogens with one attached hydrogen (secondary N) is 1. The van der Waals surface area contributed by atoms with Gasteiger partial charge in [-0.3, -0.25) is 4.79 Å². The summed E-state index contributed by atoms with van der Waals surface area (Å²) in [6.45, 7) is 3.78. The molecule has 0 spiro atoms. The highest BCUT2D eigenvalue weighted by atomic mass is 35.5. The van der Waals surface area contributed by atoms with Crippen LogP contribution in [0.4, 0.5) is 13.2 Å². The van der Waals surface area contributed by atoms with Crippen molar-refractivity contribution in [3.8, 4) is 0 Å². The van der Waals surface area contributed by atoms with Crippen molar-refractivity contribution in [2.75, 3.05) is 19.6 Å². The molecule has 1 heterocycles. The Morgan fingerprint density at radius 2 is 2.05 bits per heavy atom. The van der Waals surface area contributed by atoms with Crippen molar-refractivity contribution >= 4 is 18.3 Å². The number of hydrogen-bond acceptors (Lipinski definition) is 2. The molecule has 3 nitrogen and oxygen atoms in total. The summed E-state index contributed by atoms with van der Waals surface area (Å²) in [7, 11) is 0. The minimum Gasteiger partial charge on any atom is -0.337 e. The van der Waals surface area contributed by atoms with Crippen LogP contribution in [0.5, 0.6) is 0 Å². The SMILES string of the molecule is C[C@H]1CNCCN1C(=O)Cc1ccccc1C(F)(F)F.Cl. The molecule has 0 saturated carbocycles. The highest BCUT2D eigenvalue weighted by Gasteiger charge is 2.34. The van der Waals surface area contributed by atoms with E-state index in [1.54, 1.807) is 4.90 Å². The Kier molecular flexibility index (Phi) is 6.04. The van der Waals surface area contributed by atoms with Gasteiger partial charge < -0.3 is 10.2 Å². The van der Waals surface area contributed by atoms with E-state index < -0.39 is 11.7 Å². The Bertz CT molecular complexity index is 493. The molecular formula is C14H18ClF3N2O. The van der Waals surface area contributed by atoms with Gasteiger partial charge in [0.05, 0.1) is 12.0 Å².